The predicted octanol–water partition coefficient (Wildman–Crippen LogP) is 2.93. The zero-order valence-electron chi connectivity index (χ0n) is 11.2. The van der Waals surface area contributed by atoms with Crippen molar-refractivity contribution < 1.29 is 14.4 Å². The van der Waals surface area contributed by atoms with Gasteiger partial charge in [0.1, 0.15) is 0 Å². The first-order valence-corrected chi connectivity index (χ1v) is 6.60. The van der Waals surface area contributed by atoms with Gasteiger partial charge in [0.25, 0.3) is 11.8 Å². The van der Waals surface area contributed by atoms with E-state index < -0.39 is 11.8 Å². The van der Waals surface area contributed by atoms with Gasteiger partial charge in [-0.1, -0.05) is 54.6 Å². The van der Waals surface area contributed by atoms with Crippen molar-refractivity contribution in [1.82, 2.24) is 5.06 Å². The second-order valence-corrected chi connectivity index (χ2v) is 4.56. The van der Waals surface area contributed by atoms with E-state index in [1.165, 1.54) is 0 Å². The molecule has 0 fully saturated rings. The average molecular weight is 279 g/mol. The third-order valence-corrected chi connectivity index (χ3v) is 3.17. The third-order valence-electron chi connectivity index (χ3n) is 3.17. The van der Waals surface area contributed by atoms with Gasteiger partial charge in [-0.25, -0.2) is 0 Å². The molecule has 1 aliphatic rings. The molecule has 0 radical (unpaired) electrons. The lowest BCUT2D eigenvalue weighted by atomic mass is 10.1. The number of benzene rings is 2. The van der Waals surface area contributed by atoms with Gasteiger partial charge < -0.3 is 0 Å². The van der Waals surface area contributed by atoms with Crippen LogP contribution < -0.4 is 0 Å². The zero-order valence-corrected chi connectivity index (χ0v) is 11.2. The molecule has 0 aromatic heterocycles. The van der Waals surface area contributed by atoms with Gasteiger partial charge in [0.2, 0.25) is 0 Å². The molecule has 2 amide bonds. The van der Waals surface area contributed by atoms with Crippen molar-refractivity contribution in [2.75, 3.05) is 6.61 Å². The summed E-state index contributed by atoms with van der Waals surface area (Å²) in [7, 11) is 0. The molecule has 0 spiro atoms. The van der Waals surface area contributed by atoms with Crippen LogP contribution in [0.2, 0.25) is 0 Å². The summed E-state index contributed by atoms with van der Waals surface area (Å²) in [6.07, 6.45) is 3.64. The molecule has 4 heteroatoms. The molecule has 21 heavy (non-hydrogen) atoms. The number of hydrogen-bond donors (Lipinski definition) is 0. The second kappa shape index (κ2) is 5.73. The van der Waals surface area contributed by atoms with Crippen molar-refractivity contribution in [1.29, 1.82) is 0 Å². The number of nitrogens with zero attached hydrogens (tertiary/aromatic N) is 1. The van der Waals surface area contributed by atoms with Gasteiger partial charge in [-0.2, -0.15) is 0 Å². The molecule has 0 saturated heterocycles. The fourth-order valence-electron chi connectivity index (χ4n) is 2.15. The van der Waals surface area contributed by atoms with Crippen LogP contribution in [0.25, 0.3) is 6.08 Å². The molecule has 0 aliphatic carbocycles. The first kappa shape index (κ1) is 13.3. The Hall–Kier alpha value is -2.72. The molecular weight excluding hydrogens is 266 g/mol. The molecule has 0 unspecified atom stereocenters. The van der Waals surface area contributed by atoms with Crippen molar-refractivity contribution in [3.63, 3.8) is 0 Å². The average Bonchev–Trinajstić information content (AvgIpc) is 2.77. The van der Waals surface area contributed by atoms with Crippen molar-refractivity contribution in [3.8, 4) is 0 Å². The highest BCUT2D eigenvalue weighted by Gasteiger charge is 2.36. The Labute approximate surface area is 122 Å². The topological polar surface area (TPSA) is 46.6 Å². The van der Waals surface area contributed by atoms with Crippen LogP contribution in [0.1, 0.15) is 26.3 Å². The Morgan fingerprint density at radius 1 is 0.857 bits per heavy atom. The van der Waals surface area contributed by atoms with Crippen LogP contribution in [0, 0.1) is 0 Å². The minimum atomic E-state index is -0.413. The van der Waals surface area contributed by atoms with Crippen molar-refractivity contribution in [2.45, 2.75) is 0 Å². The summed E-state index contributed by atoms with van der Waals surface area (Å²) in [6.45, 7) is 0.153. The normalized spacial score (nSPS) is 14.0. The van der Waals surface area contributed by atoms with Crippen LogP contribution in [0.15, 0.2) is 60.7 Å². The highest BCUT2D eigenvalue weighted by Crippen LogP contribution is 2.22. The van der Waals surface area contributed by atoms with Gasteiger partial charge in [0.05, 0.1) is 17.7 Å². The van der Waals surface area contributed by atoms with E-state index in [1.807, 2.05) is 36.4 Å². The summed E-state index contributed by atoms with van der Waals surface area (Å²) >= 11 is 0. The Morgan fingerprint density at radius 3 is 2.05 bits per heavy atom. The number of carbonyl (C=O) groups excluding carboxylic acids is 2. The molecule has 0 atom stereocenters. The quantitative estimate of drug-likeness (QED) is 0.808. The van der Waals surface area contributed by atoms with Crippen molar-refractivity contribution >= 4 is 17.9 Å². The molecule has 4 nitrogen and oxygen atoms in total. The lowest BCUT2D eigenvalue weighted by molar-refractivity contribution is -0.0800. The highest BCUT2D eigenvalue weighted by molar-refractivity contribution is 6.20. The van der Waals surface area contributed by atoms with E-state index in [0.29, 0.717) is 11.1 Å². The van der Waals surface area contributed by atoms with Crippen molar-refractivity contribution in [2.24, 2.45) is 0 Å². The number of amides is 2. The molecule has 0 N–H and O–H groups in total. The fraction of sp³-hybridized carbons (Fsp3) is 0.0588. The highest BCUT2D eigenvalue weighted by atomic mass is 16.7. The SMILES string of the molecule is O=C1c2ccccc2C(=O)N1OC/C=C/c1ccccc1. The number of imide groups is 1. The third kappa shape index (κ3) is 2.61. The largest absolute Gasteiger partial charge is 0.285 e. The van der Waals surface area contributed by atoms with Crippen molar-refractivity contribution in [3.05, 3.63) is 77.4 Å². The Balaban J connectivity index is 1.64. The monoisotopic (exact) mass is 279 g/mol. The minimum Gasteiger partial charge on any atom is -0.266 e. The summed E-state index contributed by atoms with van der Waals surface area (Å²) in [5, 5.41) is 0.819. The van der Waals surface area contributed by atoms with E-state index in [1.54, 1.807) is 30.3 Å². The molecule has 2 aromatic rings. The van der Waals surface area contributed by atoms with Crippen LogP contribution >= 0.6 is 0 Å². The fourth-order valence-corrected chi connectivity index (χ4v) is 2.15. The number of hydroxylamine groups is 2. The maximum absolute atomic E-state index is 12.0. The number of hydrogen-bond acceptors (Lipinski definition) is 3. The molecule has 1 aliphatic heterocycles. The van der Waals surface area contributed by atoms with E-state index in [-0.39, 0.29) is 6.61 Å². The molecule has 3 rings (SSSR count). The molecule has 104 valence electrons. The summed E-state index contributed by atoms with van der Waals surface area (Å²) in [4.78, 5) is 29.3. The maximum atomic E-state index is 12.0. The van der Waals surface area contributed by atoms with Crippen LogP contribution in [-0.4, -0.2) is 23.5 Å². The molecule has 0 bridgehead atoms. The van der Waals surface area contributed by atoms with E-state index in [4.69, 9.17) is 4.84 Å². The standard InChI is InChI=1S/C17H13NO3/c19-16-14-10-4-5-11-15(14)17(20)18(16)21-12-6-9-13-7-2-1-3-8-13/h1-11H,12H2/b9-6+. The number of rotatable bonds is 4. The number of fused-ring (bicyclic) bond motifs is 1. The van der Waals surface area contributed by atoms with Gasteiger partial charge in [-0.05, 0) is 17.7 Å². The van der Waals surface area contributed by atoms with Crippen LogP contribution in [0.3, 0.4) is 0 Å². The summed E-state index contributed by atoms with van der Waals surface area (Å²) < 4.78 is 0. The predicted molar refractivity (Wildman–Crippen MR) is 78.4 cm³/mol. The molecule has 2 aromatic carbocycles. The van der Waals surface area contributed by atoms with Gasteiger partial charge in [-0.3, -0.25) is 14.4 Å². The number of carbonyl (C=O) groups is 2. The molecular formula is C17H13NO3. The summed E-state index contributed by atoms with van der Waals surface area (Å²) in [5.41, 5.74) is 1.80. The van der Waals surface area contributed by atoms with E-state index in [9.17, 15) is 9.59 Å². The summed E-state index contributed by atoms with van der Waals surface area (Å²) in [6, 6.07) is 16.4. The van der Waals surface area contributed by atoms with E-state index >= 15 is 0 Å². The second-order valence-electron chi connectivity index (χ2n) is 4.56. The van der Waals surface area contributed by atoms with Crippen LogP contribution in [0.5, 0.6) is 0 Å². The van der Waals surface area contributed by atoms with Gasteiger partial charge >= 0.3 is 0 Å². The lowest BCUT2D eigenvalue weighted by Gasteiger charge is -2.11. The first-order chi connectivity index (χ1) is 10.3. The Kier molecular flexibility index (Phi) is 3.62. The molecule has 1 heterocycles. The van der Waals surface area contributed by atoms with Crippen LogP contribution in [-0.2, 0) is 4.84 Å². The van der Waals surface area contributed by atoms with E-state index in [2.05, 4.69) is 0 Å². The van der Waals surface area contributed by atoms with Crippen LogP contribution in [0.4, 0.5) is 0 Å². The Bertz CT molecular complexity index is 672. The Morgan fingerprint density at radius 2 is 1.43 bits per heavy atom. The van der Waals surface area contributed by atoms with E-state index in [0.717, 1.165) is 10.6 Å². The minimum absolute atomic E-state index is 0.153. The van der Waals surface area contributed by atoms with Gasteiger partial charge in [0.15, 0.2) is 0 Å². The van der Waals surface area contributed by atoms with Gasteiger partial charge in [-0.15, -0.1) is 5.06 Å². The maximum Gasteiger partial charge on any atom is 0.285 e. The van der Waals surface area contributed by atoms with Gasteiger partial charge in [0, 0.05) is 0 Å². The zero-order chi connectivity index (χ0) is 14.7. The lowest BCUT2D eigenvalue weighted by Crippen LogP contribution is -2.29. The summed E-state index contributed by atoms with van der Waals surface area (Å²) in [5.74, 6) is -0.826. The first-order valence-electron chi connectivity index (χ1n) is 6.60. The smallest absolute Gasteiger partial charge is 0.266 e. The molecule has 0 saturated carbocycles.